The average Bonchev–Trinajstić information content (AvgIpc) is 3.30. The zero-order valence-corrected chi connectivity index (χ0v) is 14.0. The van der Waals surface area contributed by atoms with Gasteiger partial charge in [0.15, 0.2) is 5.13 Å². The fourth-order valence-electron chi connectivity index (χ4n) is 4.04. The van der Waals surface area contributed by atoms with Crippen LogP contribution >= 0.6 is 11.3 Å². The molecule has 2 saturated carbocycles. The fraction of sp³-hybridized carbons (Fsp3) is 0.389. The van der Waals surface area contributed by atoms with Crippen molar-refractivity contribution in [3.05, 3.63) is 40.3 Å². The number of carbonyl (C=O) groups is 1. The van der Waals surface area contributed by atoms with Gasteiger partial charge in [-0.15, -0.1) is 0 Å². The maximum Gasteiger partial charge on any atom is 0.208 e. The highest BCUT2D eigenvalue weighted by atomic mass is 32.1. The number of fused-ring (bicyclic) bond motifs is 2. The summed E-state index contributed by atoms with van der Waals surface area (Å²) in [6, 6.07) is 9.29. The van der Waals surface area contributed by atoms with Crippen LogP contribution in [-0.2, 0) is 0 Å². The maximum absolute atomic E-state index is 12.7. The van der Waals surface area contributed by atoms with Gasteiger partial charge in [0.05, 0.1) is 11.6 Å². The van der Waals surface area contributed by atoms with Crippen molar-refractivity contribution < 1.29 is 4.79 Å². The second-order valence-corrected chi connectivity index (χ2v) is 7.64. The van der Waals surface area contributed by atoms with Crippen LogP contribution in [0.15, 0.2) is 24.3 Å². The Labute approximate surface area is 144 Å². The van der Waals surface area contributed by atoms with Gasteiger partial charge >= 0.3 is 0 Å². The molecule has 2 unspecified atom stereocenters. The van der Waals surface area contributed by atoms with E-state index >= 15 is 0 Å². The summed E-state index contributed by atoms with van der Waals surface area (Å²) < 4.78 is 0. The number of nitrogen functional groups attached to an aromatic ring is 1. The van der Waals surface area contributed by atoms with E-state index in [0.717, 1.165) is 11.8 Å². The van der Waals surface area contributed by atoms with E-state index in [0.29, 0.717) is 27.2 Å². The Kier molecular flexibility index (Phi) is 3.73. The average molecular weight is 338 g/mol. The normalized spacial score (nSPS) is 24.7. The second-order valence-electron chi connectivity index (χ2n) is 6.65. The Morgan fingerprint density at radius 1 is 1.33 bits per heavy atom. The zero-order chi connectivity index (χ0) is 16.7. The Morgan fingerprint density at radius 2 is 2.17 bits per heavy atom. The first-order chi connectivity index (χ1) is 11.7. The minimum absolute atomic E-state index is 0.233. The lowest BCUT2D eigenvalue weighted by atomic mass is 9.96. The van der Waals surface area contributed by atoms with Gasteiger partial charge in [-0.1, -0.05) is 29.9 Å². The Balaban J connectivity index is 1.57. The number of anilines is 2. The van der Waals surface area contributed by atoms with E-state index in [1.165, 1.54) is 37.0 Å². The molecule has 3 atom stereocenters. The van der Waals surface area contributed by atoms with Crippen LogP contribution in [0.3, 0.4) is 0 Å². The second kappa shape index (κ2) is 5.91. The van der Waals surface area contributed by atoms with Crippen LogP contribution in [0.1, 0.15) is 46.5 Å². The Hall–Kier alpha value is -2.39. The summed E-state index contributed by atoms with van der Waals surface area (Å²) in [7, 11) is 0. The number of nitrogens with two attached hydrogens (primary N) is 1. The molecule has 0 amide bonds. The van der Waals surface area contributed by atoms with Gasteiger partial charge in [-0.3, -0.25) is 4.79 Å². The van der Waals surface area contributed by atoms with Crippen molar-refractivity contribution in [3.63, 3.8) is 0 Å². The van der Waals surface area contributed by atoms with E-state index in [4.69, 9.17) is 5.73 Å². The quantitative estimate of drug-likeness (QED) is 0.833. The molecule has 1 aromatic heterocycles. The number of nitrogens with zero attached hydrogens (tertiary/aromatic N) is 2. The molecule has 24 heavy (non-hydrogen) atoms. The Morgan fingerprint density at radius 3 is 2.88 bits per heavy atom. The van der Waals surface area contributed by atoms with Crippen LogP contribution in [0.2, 0.25) is 0 Å². The number of nitrogens with one attached hydrogen (secondary N) is 1. The minimum Gasteiger partial charge on any atom is -0.382 e. The standard InChI is InChI=1S/C18H18N4OS/c19-9-12-3-1-2-4-13(12)15(23)16-17(20)22-18(24-16)21-14-8-10-5-6-11(14)7-10/h1-4,10-11,14H,5-8,20H2,(H,21,22)/t10?,11?,14-/m0/s1. The van der Waals surface area contributed by atoms with Crippen molar-refractivity contribution in [2.75, 3.05) is 11.1 Å². The molecule has 0 radical (unpaired) electrons. The highest BCUT2D eigenvalue weighted by molar-refractivity contribution is 7.18. The summed E-state index contributed by atoms with van der Waals surface area (Å²) in [6.07, 6.45) is 5.12. The van der Waals surface area contributed by atoms with Crippen LogP contribution in [0.25, 0.3) is 0 Å². The molecule has 1 aromatic carbocycles. The number of hydrogen-bond donors (Lipinski definition) is 2. The number of aromatic nitrogens is 1. The molecule has 2 bridgehead atoms. The van der Waals surface area contributed by atoms with Crippen molar-refractivity contribution in [1.82, 2.24) is 4.98 Å². The van der Waals surface area contributed by atoms with E-state index in [-0.39, 0.29) is 11.6 Å². The highest BCUT2D eigenvalue weighted by Gasteiger charge is 2.39. The summed E-state index contributed by atoms with van der Waals surface area (Å²) in [5.41, 5.74) is 6.71. The fourth-order valence-corrected chi connectivity index (χ4v) is 4.94. The third-order valence-corrected chi connectivity index (χ3v) is 6.20. The van der Waals surface area contributed by atoms with Crippen LogP contribution < -0.4 is 11.1 Å². The topological polar surface area (TPSA) is 91.8 Å². The molecule has 4 rings (SSSR count). The molecule has 2 fully saturated rings. The van der Waals surface area contributed by atoms with Gasteiger partial charge in [-0.2, -0.15) is 5.26 Å². The summed E-state index contributed by atoms with van der Waals surface area (Å²) in [6.45, 7) is 0. The van der Waals surface area contributed by atoms with E-state index in [2.05, 4.69) is 16.4 Å². The van der Waals surface area contributed by atoms with Crippen LogP contribution in [0.4, 0.5) is 10.9 Å². The largest absolute Gasteiger partial charge is 0.382 e. The molecule has 2 aliphatic rings. The lowest BCUT2D eigenvalue weighted by Crippen LogP contribution is -2.25. The van der Waals surface area contributed by atoms with Crippen molar-refractivity contribution in [2.45, 2.75) is 31.7 Å². The molecule has 0 aliphatic heterocycles. The van der Waals surface area contributed by atoms with Gasteiger partial charge in [-0.05, 0) is 43.2 Å². The van der Waals surface area contributed by atoms with Gasteiger partial charge in [0.2, 0.25) is 5.78 Å². The molecule has 122 valence electrons. The molecule has 0 saturated heterocycles. The molecule has 1 heterocycles. The highest BCUT2D eigenvalue weighted by Crippen LogP contribution is 2.46. The number of ketones is 1. The van der Waals surface area contributed by atoms with E-state index in [9.17, 15) is 10.1 Å². The van der Waals surface area contributed by atoms with Gasteiger partial charge in [0.1, 0.15) is 10.7 Å². The maximum atomic E-state index is 12.7. The van der Waals surface area contributed by atoms with E-state index < -0.39 is 0 Å². The van der Waals surface area contributed by atoms with Crippen molar-refractivity contribution in [1.29, 1.82) is 5.26 Å². The number of nitriles is 1. The monoisotopic (exact) mass is 338 g/mol. The lowest BCUT2D eigenvalue weighted by molar-refractivity contribution is 0.104. The van der Waals surface area contributed by atoms with Crippen LogP contribution in [-0.4, -0.2) is 16.8 Å². The molecule has 5 nitrogen and oxygen atoms in total. The number of thiazole rings is 1. The molecule has 2 aliphatic carbocycles. The van der Waals surface area contributed by atoms with Crippen LogP contribution in [0.5, 0.6) is 0 Å². The SMILES string of the molecule is N#Cc1ccccc1C(=O)c1sc(N[C@H]2CC3CCC2C3)nc1N. The molecule has 3 N–H and O–H groups in total. The van der Waals surface area contributed by atoms with Gasteiger partial charge in [-0.25, -0.2) is 4.98 Å². The van der Waals surface area contributed by atoms with Crippen molar-refractivity contribution >= 4 is 28.1 Å². The van der Waals surface area contributed by atoms with E-state index in [1.807, 2.05) is 0 Å². The van der Waals surface area contributed by atoms with Gasteiger partial charge in [0.25, 0.3) is 0 Å². The third kappa shape index (κ3) is 2.55. The number of rotatable bonds is 4. The predicted molar refractivity (Wildman–Crippen MR) is 94.0 cm³/mol. The summed E-state index contributed by atoms with van der Waals surface area (Å²) in [4.78, 5) is 17.5. The minimum atomic E-state index is -0.233. The third-order valence-electron chi connectivity index (χ3n) is 5.20. The molecular weight excluding hydrogens is 320 g/mol. The Bertz CT molecular complexity index is 838. The lowest BCUT2D eigenvalue weighted by Gasteiger charge is -2.22. The first-order valence-corrected chi connectivity index (χ1v) is 9.04. The molecular formula is C18H18N4OS. The smallest absolute Gasteiger partial charge is 0.208 e. The summed E-state index contributed by atoms with van der Waals surface area (Å²) in [5, 5.41) is 13.4. The van der Waals surface area contributed by atoms with Gasteiger partial charge < -0.3 is 11.1 Å². The summed E-state index contributed by atoms with van der Waals surface area (Å²) in [5.74, 6) is 1.57. The van der Waals surface area contributed by atoms with Gasteiger partial charge in [0, 0.05) is 11.6 Å². The summed E-state index contributed by atoms with van der Waals surface area (Å²) >= 11 is 1.29. The van der Waals surface area contributed by atoms with E-state index in [1.54, 1.807) is 24.3 Å². The molecule has 2 aromatic rings. The van der Waals surface area contributed by atoms with Crippen molar-refractivity contribution in [2.24, 2.45) is 11.8 Å². The van der Waals surface area contributed by atoms with Crippen LogP contribution in [0, 0.1) is 23.2 Å². The number of hydrogen-bond acceptors (Lipinski definition) is 6. The molecule has 0 spiro atoms. The first kappa shape index (κ1) is 15.2. The number of carbonyl (C=O) groups excluding carboxylic acids is 1. The van der Waals surface area contributed by atoms with Crippen molar-refractivity contribution in [3.8, 4) is 6.07 Å². The first-order valence-electron chi connectivity index (χ1n) is 8.22. The zero-order valence-electron chi connectivity index (χ0n) is 13.2. The number of benzene rings is 1. The predicted octanol–water partition coefficient (Wildman–Crippen LogP) is 3.43. The molecule has 6 heteroatoms.